The molecule has 0 aliphatic heterocycles. The standard InChI is InChI=1S/C22H14N2O/c23-15-19(17-7-3-1-4-8-17)13-16-11-12-21-20(14-16)22(25-24-21)18-9-5-2-6-10-18/h1-14H. The molecule has 4 aromatic rings. The monoisotopic (exact) mass is 322 g/mol. The highest BCUT2D eigenvalue weighted by molar-refractivity contribution is 5.96. The number of aromatic nitrogens is 1. The van der Waals surface area contributed by atoms with Gasteiger partial charge in [-0.3, -0.25) is 0 Å². The van der Waals surface area contributed by atoms with Crippen LogP contribution in [0.15, 0.2) is 83.4 Å². The Kier molecular flexibility index (Phi) is 3.86. The highest BCUT2D eigenvalue weighted by Gasteiger charge is 2.11. The van der Waals surface area contributed by atoms with E-state index in [1.807, 2.05) is 84.9 Å². The first-order valence-electron chi connectivity index (χ1n) is 7.97. The van der Waals surface area contributed by atoms with Gasteiger partial charge in [-0.05, 0) is 29.3 Å². The molecular weight excluding hydrogens is 308 g/mol. The van der Waals surface area contributed by atoms with E-state index in [1.54, 1.807) is 0 Å². The quantitative estimate of drug-likeness (QED) is 0.366. The van der Waals surface area contributed by atoms with Crippen LogP contribution in [0.4, 0.5) is 0 Å². The fourth-order valence-electron chi connectivity index (χ4n) is 2.81. The van der Waals surface area contributed by atoms with Crippen molar-refractivity contribution in [2.45, 2.75) is 0 Å². The number of benzene rings is 3. The molecule has 4 rings (SSSR count). The molecule has 0 amide bonds. The summed E-state index contributed by atoms with van der Waals surface area (Å²) in [6.45, 7) is 0. The van der Waals surface area contributed by atoms with Crippen LogP contribution in [0.2, 0.25) is 0 Å². The van der Waals surface area contributed by atoms with Gasteiger partial charge < -0.3 is 4.52 Å². The SMILES string of the molecule is N#CC(=Cc1ccc2noc(-c3ccccc3)c2c1)c1ccccc1. The van der Waals surface area contributed by atoms with E-state index in [0.717, 1.165) is 33.4 Å². The van der Waals surface area contributed by atoms with Crippen molar-refractivity contribution in [1.82, 2.24) is 5.16 Å². The lowest BCUT2D eigenvalue weighted by Crippen LogP contribution is -1.82. The number of nitriles is 1. The molecule has 25 heavy (non-hydrogen) atoms. The minimum absolute atomic E-state index is 0.623. The van der Waals surface area contributed by atoms with Crippen LogP contribution in [0.1, 0.15) is 11.1 Å². The topological polar surface area (TPSA) is 49.8 Å². The van der Waals surface area contributed by atoms with Gasteiger partial charge in [0.2, 0.25) is 0 Å². The Labute approximate surface area is 145 Å². The third-order valence-electron chi connectivity index (χ3n) is 4.05. The second-order valence-electron chi connectivity index (χ2n) is 5.69. The molecule has 1 aromatic heterocycles. The molecule has 0 radical (unpaired) electrons. The van der Waals surface area contributed by atoms with Crippen LogP contribution in [0, 0.1) is 11.3 Å². The van der Waals surface area contributed by atoms with Gasteiger partial charge in [0.25, 0.3) is 0 Å². The lowest BCUT2D eigenvalue weighted by molar-refractivity contribution is 0.441. The van der Waals surface area contributed by atoms with Crippen molar-refractivity contribution >= 4 is 22.6 Å². The molecule has 0 atom stereocenters. The van der Waals surface area contributed by atoms with Crippen LogP contribution in [0.5, 0.6) is 0 Å². The van der Waals surface area contributed by atoms with E-state index in [1.165, 1.54) is 0 Å². The molecule has 0 aliphatic rings. The van der Waals surface area contributed by atoms with Gasteiger partial charge in [-0.2, -0.15) is 5.26 Å². The Morgan fingerprint density at radius 2 is 1.64 bits per heavy atom. The van der Waals surface area contributed by atoms with Gasteiger partial charge in [0.05, 0.1) is 17.0 Å². The lowest BCUT2D eigenvalue weighted by Gasteiger charge is -2.00. The first kappa shape index (κ1) is 14.9. The van der Waals surface area contributed by atoms with Crippen molar-refractivity contribution < 1.29 is 4.52 Å². The summed E-state index contributed by atoms with van der Waals surface area (Å²) in [5.41, 5.74) is 4.24. The Bertz CT molecular complexity index is 1090. The molecule has 3 heteroatoms. The maximum absolute atomic E-state index is 9.50. The van der Waals surface area contributed by atoms with Gasteiger partial charge in [0.1, 0.15) is 5.52 Å². The summed E-state index contributed by atoms with van der Waals surface area (Å²) in [5.74, 6) is 0.740. The number of nitrogens with zero attached hydrogens (tertiary/aromatic N) is 2. The number of allylic oxidation sites excluding steroid dienone is 1. The van der Waals surface area contributed by atoms with E-state index in [0.29, 0.717) is 5.57 Å². The average molecular weight is 322 g/mol. The second kappa shape index (κ2) is 6.46. The summed E-state index contributed by atoms with van der Waals surface area (Å²) in [4.78, 5) is 0. The van der Waals surface area contributed by atoms with Crippen LogP contribution in [-0.4, -0.2) is 5.16 Å². The maximum atomic E-state index is 9.50. The van der Waals surface area contributed by atoms with Crippen LogP contribution in [0.3, 0.4) is 0 Å². The van der Waals surface area contributed by atoms with Crippen molar-refractivity contribution in [2.24, 2.45) is 0 Å². The van der Waals surface area contributed by atoms with Crippen molar-refractivity contribution in [3.63, 3.8) is 0 Å². The molecule has 0 saturated carbocycles. The molecule has 0 aliphatic carbocycles. The molecule has 0 bridgehead atoms. The number of rotatable bonds is 3. The van der Waals surface area contributed by atoms with Crippen LogP contribution < -0.4 is 0 Å². The molecule has 0 fully saturated rings. The fraction of sp³-hybridized carbons (Fsp3) is 0. The van der Waals surface area contributed by atoms with E-state index in [9.17, 15) is 5.26 Å². The number of fused-ring (bicyclic) bond motifs is 1. The number of hydrogen-bond acceptors (Lipinski definition) is 3. The molecule has 3 aromatic carbocycles. The molecule has 0 saturated heterocycles. The Balaban J connectivity index is 1.82. The van der Waals surface area contributed by atoms with E-state index < -0.39 is 0 Å². The van der Waals surface area contributed by atoms with E-state index in [4.69, 9.17) is 4.52 Å². The normalized spacial score (nSPS) is 11.4. The molecular formula is C22H14N2O. The van der Waals surface area contributed by atoms with Gasteiger partial charge in [0, 0.05) is 5.56 Å². The highest BCUT2D eigenvalue weighted by atomic mass is 16.5. The zero-order valence-electron chi connectivity index (χ0n) is 13.4. The summed E-state index contributed by atoms with van der Waals surface area (Å²) in [6.07, 6.45) is 1.89. The van der Waals surface area contributed by atoms with Crippen molar-refractivity contribution in [2.75, 3.05) is 0 Å². The van der Waals surface area contributed by atoms with Gasteiger partial charge in [-0.25, -0.2) is 0 Å². The van der Waals surface area contributed by atoms with Crippen molar-refractivity contribution in [1.29, 1.82) is 5.26 Å². The highest BCUT2D eigenvalue weighted by Crippen LogP contribution is 2.30. The molecule has 1 heterocycles. The van der Waals surface area contributed by atoms with Gasteiger partial charge in [0.15, 0.2) is 5.76 Å². The smallest absolute Gasteiger partial charge is 0.174 e. The van der Waals surface area contributed by atoms with E-state index in [-0.39, 0.29) is 0 Å². The third-order valence-corrected chi connectivity index (χ3v) is 4.05. The van der Waals surface area contributed by atoms with Crippen LogP contribution >= 0.6 is 0 Å². The molecule has 118 valence electrons. The average Bonchev–Trinajstić information content (AvgIpc) is 3.10. The first-order valence-corrected chi connectivity index (χ1v) is 7.97. The first-order chi connectivity index (χ1) is 12.3. The predicted molar refractivity (Wildman–Crippen MR) is 99.4 cm³/mol. The summed E-state index contributed by atoms with van der Waals surface area (Å²) in [5, 5.41) is 14.6. The fourth-order valence-corrected chi connectivity index (χ4v) is 2.81. The summed E-state index contributed by atoms with van der Waals surface area (Å²) >= 11 is 0. The van der Waals surface area contributed by atoms with Crippen LogP contribution in [-0.2, 0) is 0 Å². The van der Waals surface area contributed by atoms with E-state index >= 15 is 0 Å². The summed E-state index contributed by atoms with van der Waals surface area (Å²) in [6, 6.07) is 27.7. The third kappa shape index (κ3) is 2.93. The Morgan fingerprint density at radius 1 is 0.920 bits per heavy atom. The summed E-state index contributed by atoms with van der Waals surface area (Å²) in [7, 11) is 0. The minimum atomic E-state index is 0.623. The van der Waals surface area contributed by atoms with Crippen LogP contribution in [0.25, 0.3) is 33.9 Å². The predicted octanol–water partition coefficient (Wildman–Crippen LogP) is 5.56. The molecule has 0 unspecified atom stereocenters. The van der Waals surface area contributed by atoms with Gasteiger partial charge in [-0.1, -0.05) is 71.9 Å². The Morgan fingerprint density at radius 3 is 2.36 bits per heavy atom. The lowest BCUT2D eigenvalue weighted by atomic mass is 10.0. The van der Waals surface area contributed by atoms with Crippen molar-refractivity contribution in [3.8, 4) is 17.4 Å². The number of hydrogen-bond donors (Lipinski definition) is 0. The second-order valence-corrected chi connectivity index (χ2v) is 5.69. The maximum Gasteiger partial charge on any atom is 0.174 e. The zero-order valence-corrected chi connectivity index (χ0v) is 13.4. The molecule has 3 nitrogen and oxygen atoms in total. The minimum Gasteiger partial charge on any atom is -0.355 e. The van der Waals surface area contributed by atoms with Gasteiger partial charge in [-0.15, -0.1) is 0 Å². The van der Waals surface area contributed by atoms with Gasteiger partial charge >= 0.3 is 0 Å². The zero-order chi connectivity index (χ0) is 17.1. The molecule has 0 N–H and O–H groups in total. The van der Waals surface area contributed by atoms with Crippen molar-refractivity contribution in [3.05, 3.63) is 90.0 Å². The van der Waals surface area contributed by atoms with E-state index in [2.05, 4.69) is 11.2 Å². The molecule has 0 spiro atoms. The Hall–Kier alpha value is -3.64. The largest absolute Gasteiger partial charge is 0.355 e. The summed E-state index contributed by atoms with van der Waals surface area (Å²) < 4.78 is 5.54.